The summed E-state index contributed by atoms with van der Waals surface area (Å²) in [6, 6.07) is 3.48. The molecule has 4 nitrogen and oxygen atoms in total. The van der Waals surface area contributed by atoms with E-state index in [-0.39, 0.29) is 11.4 Å². The van der Waals surface area contributed by atoms with Crippen LogP contribution < -0.4 is 4.74 Å². The van der Waals surface area contributed by atoms with Crippen LogP contribution in [0.15, 0.2) is 41.5 Å². The molecule has 0 fully saturated rings. The van der Waals surface area contributed by atoms with Gasteiger partial charge >= 0.3 is 0 Å². The number of aliphatic hydroxyl groups excluding tert-OH is 1. The van der Waals surface area contributed by atoms with Gasteiger partial charge in [-0.25, -0.2) is 0 Å². The van der Waals surface area contributed by atoms with Gasteiger partial charge in [-0.15, -0.1) is 0 Å². The first-order valence-electron chi connectivity index (χ1n) is 11.3. The van der Waals surface area contributed by atoms with E-state index in [0.29, 0.717) is 6.42 Å². The van der Waals surface area contributed by atoms with Crippen LogP contribution in [-0.4, -0.2) is 32.6 Å². The average molecular weight is 429 g/mol. The number of ether oxygens (including phenoxy) is 1. The highest BCUT2D eigenvalue weighted by Crippen LogP contribution is 2.38. The van der Waals surface area contributed by atoms with Gasteiger partial charge in [-0.1, -0.05) is 29.4 Å². The van der Waals surface area contributed by atoms with Crippen molar-refractivity contribution in [1.82, 2.24) is 0 Å². The standard InChI is InChI=1S/C27H40O4/c1-19(9-7-10-20(2)12-13-24(29)26(4,5)30)11-8-15-27(6)16-14-22-18-23(28)17-21(3)25(22)31-27/h10-11,14,16-18,24,28-30H,7-9,12-13,15H2,1-6H3. The number of phenols is 1. The minimum atomic E-state index is -1.05. The average Bonchev–Trinajstić information content (AvgIpc) is 2.66. The molecule has 1 aliphatic heterocycles. The number of hydrogen-bond donors (Lipinski definition) is 3. The van der Waals surface area contributed by atoms with Gasteiger partial charge in [0.2, 0.25) is 0 Å². The van der Waals surface area contributed by atoms with Crippen molar-refractivity contribution in [3.05, 3.63) is 52.6 Å². The number of fused-ring (bicyclic) bond motifs is 1. The molecule has 172 valence electrons. The van der Waals surface area contributed by atoms with Gasteiger partial charge in [0.1, 0.15) is 17.1 Å². The van der Waals surface area contributed by atoms with Gasteiger partial charge in [0, 0.05) is 5.56 Å². The fourth-order valence-electron chi connectivity index (χ4n) is 3.79. The molecule has 0 aromatic heterocycles. The van der Waals surface area contributed by atoms with Gasteiger partial charge in [-0.2, -0.15) is 0 Å². The molecule has 0 bridgehead atoms. The minimum Gasteiger partial charge on any atom is -0.508 e. The Morgan fingerprint density at radius 1 is 1.13 bits per heavy atom. The first kappa shape index (κ1) is 25.2. The summed E-state index contributed by atoms with van der Waals surface area (Å²) in [5.74, 6) is 1.13. The number of phenolic OH excluding ortho intramolecular Hbond substituents is 1. The Bertz CT molecular complexity index is 842. The van der Waals surface area contributed by atoms with E-state index in [1.165, 1.54) is 11.1 Å². The normalized spacial score (nSPS) is 20.4. The van der Waals surface area contributed by atoms with Crippen LogP contribution in [0.4, 0.5) is 0 Å². The lowest BCUT2D eigenvalue weighted by Gasteiger charge is -2.32. The molecule has 3 N–H and O–H groups in total. The third-order valence-electron chi connectivity index (χ3n) is 6.03. The smallest absolute Gasteiger partial charge is 0.131 e. The lowest BCUT2D eigenvalue weighted by Crippen LogP contribution is -2.35. The number of rotatable bonds is 10. The predicted octanol–water partition coefficient (Wildman–Crippen LogP) is 6.23. The summed E-state index contributed by atoms with van der Waals surface area (Å²) in [7, 11) is 0. The fourth-order valence-corrected chi connectivity index (χ4v) is 3.79. The van der Waals surface area contributed by atoms with Crippen LogP contribution in [0.3, 0.4) is 0 Å². The summed E-state index contributed by atoms with van der Waals surface area (Å²) in [5, 5.41) is 29.5. The number of benzene rings is 1. The van der Waals surface area contributed by atoms with E-state index in [1.54, 1.807) is 26.0 Å². The first-order chi connectivity index (χ1) is 14.4. The molecule has 0 amide bonds. The highest BCUT2D eigenvalue weighted by Gasteiger charge is 2.28. The molecule has 31 heavy (non-hydrogen) atoms. The topological polar surface area (TPSA) is 69.9 Å². The van der Waals surface area contributed by atoms with Gasteiger partial charge in [-0.3, -0.25) is 0 Å². The predicted molar refractivity (Wildman–Crippen MR) is 128 cm³/mol. The van der Waals surface area contributed by atoms with Crippen LogP contribution in [0.25, 0.3) is 6.08 Å². The van der Waals surface area contributed by atoms with Crippen molar-refractivity contribution in [2.45, 2.75) is 97.4 Å². The second kappa shape index (κ2) is 10.5. The molecule has 1 aromatic rings. The minimum absolute atomic E-state index is 0.268. The Kier molecular flexibility index (Phi) is 8.56. The molecule has 2 rings (SSSR count). The van der Waals surface area contributed by atoms with Crippen LogP contribution in [0.1, 0.15) is 84.3 Å². The number of aliphatic hydroxyl groups is 2. The molecule has 1 heterocycles. The van der Waals surface area contributed by atoms with Crippen LogP contribution >= 0.6 is 0 Å². The molecule has 0 saturated heterocycles. The van der Waals surface area contributed by atoms with Gasteiger partial charge in [0.15, 0.2) is 0 Å². The van der Waals surface area contributed by atoms with E-state index < -0.39 is 11.7 Å². The summed E-state index contributed by atoms with van der Waals surface area (Å²) in [5.41, 5.74) is 3.11. The van der Waals surface area contributed by atoms with E-state index in [0.717, 1.165) is 49.0 Å². The molecule has 1 aliphatic rings. The number of hydrogen-bond acceptors (Lipinski definition) is 4. The lowest BCUT2D eigenvalue weighted by molar-refractivity contribution is -0.0509. The molecule has 0 aliphatic carbocycles. The zero-order chi connectivity index (χ0) is 23.2. The maximum atomic E-state index is 9.94. The Labute approximate surface area is 188 Å². The first-order valence-corrected chi connectivity index (χ1v) is 11.3. The molecule has 2 atom stereocenters. The van der Waals surface area contributed by atoms with E-state index in [1.807, 2.05) is 13.0 Å². The van der Waals surface area contributed by atoms with Crippen molar-refractivity contribution in [3.63, 3.8) is 0 Å². The monoisotopic (exact) mass is 428 g/mol. The van der Waals surface area contributed by atoms with Crippen molar-refractivity contribution < 1.29 is 20.1 Å². The van der Waals surface area contributed by atoms with Crippen LogP contribution in [-0.2, 0) is 0 Å². The second-order valence-electron chi connectivity index (χ2n) is 9.82. The molecule has 1 aromatic carbocycles. The van der Waals surface area contributed by atoms with Gasteiger partial charge in [0.05, 0.1) is 11.7 Å². The van der Waals surface area contributed by atoms with Crippen molar-refractivity contribution in [3.8, 4) is 11.5 Å². The Morgan fingerprint density at radius 2 is 1.77 bits per heavy atom. The summed E-state index contributed by atoms with van der Waals surface area (Å²) in [4.78, 5) is 0. The number of allylic oxidation sites excluding steroid dienone is 4. The maximum absolute atomic E-state index is 9.94. The SMILES string of the molecule is CC(=CCCC1(C)C=Cc2cc(O)cc(C)c2O1)CCC=C(C)CCC(O)C(C)(C)O. The van der Waals surface area contributed by atoms with Gasteiger partial charge < -0.3 is 20.1 Å². The Hall–Kier alpha value is -2.04. The van der Waals surface area contributed by atoms with E-state index in [9.17, 15) is 15.3 Å². The Morgan fingerprint density at radius 3 is 2.45 bits per heavy atom. The van der Waals surface area contributed by atoms with Crippen LogP contribution in [0, 0.1) is 6.92 Å². The molecular weight excluding hydrogens is 388 g/mol. The maximum Gasteiger partial charge on any atom is 0.131 e. The summed E-state index contributed by atoms with van der Waals surface area (Å²) < 4.78 is 6.29. The second-order valence-corrected chi connectivity index (χ2v) is 9.82. The van der Waals surface area contributed by atoms with Crippen molar-refractivity contribution >= 4 is 6.08 Å². The van der Waals surface area contributed by atoms with Crippen LogP contribution in [0.5, 0.6) is 11.5 Å². The lowest BCUT2D eigenvalue weighted by atomic mass is 9.93. The largest absolute Gasteiger partial charge is 0.508 e. The fraction of sp³-hybridized carbons (Fsp3) is 0.556. The van der Waals surface area contributed by atoms with Crippen LogP contribution in [0.2, 0.25) is 0 Å². The molecular formula is C27H40O4. The van der Waals surface area contributed by atoms with Gasteiger partial charge in [0.25, 0.3) is 0 Å². The molecule has 0 radical (unpaired) electrons. The number of aryl methyl sites for hydroxylation is 1. The summed E-state index contributed by atoms with van der Waals surface area (Å²) in [6.07, 6.45) is 13.2. The van der Waals surface area contributed by atoms with E-state index in [4.69, 9.17) is 4.74 Å². The zero-order valence-electron chi connectivity index (χ0n) is 20.0. The molecule has 0 saturated carbocycles. The van der Waals surface area contributed by atoms with Crippen molar-refractivity contribution in [2.24, 2.45) is 0 Å². The third kappa shape index (κ3) is 7.86. The van der Waals surface area contributed by atoms with Crippen molar-refractivity contribution in [1.29, 1.82) is 0 Å². The summed E-state index contributed by atoms with van der Waals surface area (Å²) >= 11 is 0. The van der Waals surface area contributed by atoms with E-state index in [2.05, 4.69) is 39.0 Å². The highest BCUT2D eigenvalue weighted by atomic mass is 16.5. The van der Waals surface area contributed by atoms with Gasteiger partial charge in [-0.05, 0) is 104 Å². The summed E-state index contributed by atoms with van der Waals surface area (Å²) in [6.45, 7) is 11.6. The molecule has 2 unspecified atom stereocenters. The van der Waals surface area contributed by atoms with E-state index >= 15 is 0 Å². The molecule has 4 heteroatoms. The third-order valence-corrected chi connectivity index (χ3v) is 6.03. The Balaban J connectivity index is 1.79. The zero-order valence-corrected chi connectivity index (χ0v) is 20.0. The van der Waals surface area contributed by atoms with Crippen molar-refractivity contribution in [2.75, 3.05) is 0 Å². The highest BCUT2D eigenvalue weighted by molar-refractivity contribution is 5.65. The number of aromatic hydroxyl groups is 1. The molecule has 0 spiro atoms. The quantitative estimate of drug-likeness (QED) is 0.386.